The molecule has 1 aromatic rings. The summed E-state index contributed by atoms with van der Waals surface area (Å²) in [6.45, 7) is 4.10. The van der Waals surface area contributed by atoms with Crippen LogP contribution in [0.3, 0.4) is 0 Å². The molecule has 0 saturated carbocycles. The minimum Gasteiger partial charge on any atom is -0.378 e. The first-order valence-corrected chi connectivity index (χ1v) is 8.91. The van der Waals surface area contributed by atoms with Crippen LogP contribution in [0.25, 0.3) is 0 Å². The summed E-state index contributed by atoms with van der Waals surface area (Å²) >= 11 is 0. The molecule has 0 bridgehead atoms. The number of rotatable bonds is 2. The number of sulfone groups is 1. The van der Waals surface area contributed by atoms with Crippen LogP contribution in [0.15, 0.2) is 6.20 Å². The molecule has 2 saturated heterocycles. The van der Waals surface area contributed by atoms with E-state index in [1.807, 2.05) is 6.92 Å². The zero-order valence-corrected chi connectivity index (χ0v) is 12.8. The third-order valence-electron chi connectivity index (χ3n) is 4.13. The van der Waals surface area contributed by atoms with Gasteiger partial charge in [-0.15, -0.1) is 0 Å². The molecule has 2 aliphatic rings. The van der Waals surface area contributed by atoms with Crippen LogP contribution in [0, 0.1) is 6.92 Å². The fourth-order valence-electron chi connectivity index (χ4n) is 2.91. The molecule has 1 amide bonds. The quantitative estimate of drug-likeness (QED) is 0.769. The van der Waals surface area contributed by atoms with Gasteiger partial charge in [0.05, 0.1) is 42.5 Å². The van der Waals surface area contributed by atoms with Gasteiger partial charge in [-0.05, 0) is 13.3 Å². The highest BCUT2D eigenvalue weighted by atomic mass is 32.2. The lowest BCUT2D eigenvalue weighted by Crippen LogP contribution is -2.40. The maximum Gasteiger partial charge on any atom is 0.257 e. The summed E-state index contributed by atoms with van der Waals surface area (Å²) in [5, 5.41) is 4.25. The van der Waals surface area contributed by atoms with E-state index in [2.05, 4.69) is 5.10 Å². The number of morpholine rings is 1. The molecule has 0 N–H and O–H groups in total. The molecule has 21 heavy (non-hydrogen) atoms. The Hall–Kier alpha value is -1.41. The maximum atomic E-state index is 12.5. The van der Waals surface area contributed by atoms with Crippen LogP contribution in [0.5, 0.6) is 0 Å². The first kappa shape index (κ1) is 14.5. The van der Waals surface area contributed by atoms with Gasteiger partial charge in [-0.2, -0.15) is 5.10 Å². The second-order valence-corrected chi connectivity index (χ2v) is 7.78. The molecule has 1 aromatic heterocycles. The molecule has 0 aliphatic carbocycles. The average Bonchev–Trinajstić information content (AvgIpc) is 3.01. The highest BCUT2D eigenvalue weighted by Crippen LogP contribution is 2.25. The van der Waals surface area contributed by atoms with Gasteiger partial charge in [-0.3, -0.25) is 9.48 Å². The Labute approximate surface area is 123 Å². The van der Waals surface area contributed by atoms with Gasteiger partial charge in [-0.1, -0.05) is 0 Å². The maximum absolute atomic E-state index is 12.5. The minimum atomic E-state index is -2.96. The van der Waals surface area contributed by atoms with E-state index >= 15 is 0 Å². The number of nitrogens with zero attached hydrogens (tertiary/aromatic N) is 3. The van der Waals surface area contributed by atoms with Gasteiger partial charge in [0.15, 0.2) is 9.84 Å². The zero-order valence-electron chi connectivity index (χ0n) is 12.0. The molecule has 0 radical (unpaired) electrons. The molecular formula is C13H19N3O4S. The number of amides is 1. The standard InChI is InChI=1S/C13H19N3O4S/c1-10-12(13(17)15-3-5-20-6-4-15)8-14-16(10)11-2-7-21(18,19)9-11/h8,11H,2-7,9H2,1H3/t11-/m1/s1. The molecule has 0 spiro atoms. The predicted molar refractivity (Wildman–Crippen MR) is 76.0 cm³/mol. The normalized spacial score (nSPS) is 25.2. The van der Waals surface area contributed by atoms with Crippen LogP contribution in [0.1, 0.15) is 28.5 Å². The number of carbonyl (C=O) groups excluding carboxylic acids is 1. The smallest absolute Gasteiger partial charge is 0.257 e. The third kappa shape index (κ3) is 2.82. The zero-order chi connectivity index (χ0) is 15.0. The fourth-order valence-corrected chi connectivity index (χ4v) is 4.60. The summed E-state index contributed by atoms with van der Waals surface area (Å²) < 4.78 is 30.1. The molecule has 7 nitrogen and oxygen atoms in total. The van der Waals surface area contributed by atoms with Crippen LogP contribution in [-0.2, 0) is 14.6 Å². The molecular weight excluding hydrogens is 294 g/mol. The van der Waals surface area contributed by atoms with E-state index < -0.39 is 9.84 Å². The van der Waals surface area contributed by atoms with E-state index in [4.69, 9.17) is 4.74 Å². The van der Waals surface area contributed by atoms with Crippen molar-refractivity contribution in [2.75, 3.05) is 37.8 Å². The Morgan fingerprint density at radius 2 is 2.10 bits per heavy atom. The lowest BCUT2D eigenvalue weighted by atomic mass is 10.2. The van der Waals surface area contributed by atoms with E-state index in [9.17, 15) is 13.2 Å². The molecule has 2 aliphatic heterocycles. The lowest BCUT2D eigenvalue weighted by molar-refractivity contribution is 0.0302. The number of aromatic nitrogens is 2. The van der Waals surface area contributed by atoms with Crippen molar-refractivity contribution in [3.05, 3.63) is 17.5 Å². The predicted octanol–water partition coefficient (Wildman–Crippen LogP) is 0.0235. The Bertz CT molecular complexity index is 646. The van der Waals surface area contributed by atoms with Crippen LogP contribution in [0.4, 0.5) is 0 Å². The van der Waals surface area contributed by atoms with E-state index in [1.165, 1.54) is 0 Å². The van der Waals surface area contributed by atoms with Crippen molar-refractivity contribution in [1.82, 2.24) is 14.7 Å². The summed E-state index contributed by atoms with van der Waals surface area (Å²) in [5.41, 5.74) is 1.30. The summed E-state index contributed by atoms with van der Waals surface area (Å²) in [6, 6.07) is -0.152. The van der Waals surface area contributed by atoms with Crippen LogP contribution in [0.2, 0.25) is 0 Å². The molecule has 116 valence electrons. The highest BCUT2D eigenvalue weighted by Gasteiger charge is 2.32. The first-order chi connectivity index (χ1) is 9.98. The van der Waals surface area contributed by atoms with Crippen molar-refractivity contribution in [3.8, 4) is 0 Å². The number of hydrogen-bond donors (Lipinski definition) is 0. The van der Waals surface area contributed by atoms with Gasteiger partial charge < -0.3 is 9.64 Å². The Balaban J connectivity index is 1.81. The van der Waals surface area contributed by atoms with Crippen LogP contribution in [-0.4, -0.2) is 66.8 Å². The molecule has 3 heterocycles. The van der Waals surface area contributed by atoms with Gasteiger partial charge in [0, 0.05) is 18.8 Å². The van der Waals surface area contributed by atoms with E-state index in [-0.39, 0.29) is 23.5 Å². The molecule has 8 heteroatoms. The Morgan fingerprint density at radius 3 is 2.71 bits per heavy atom. The summed E-state index contributed by atoms with van der Waals surface area (Å²) in [5.74, 6) is 0.257. The number of ether oxygens (including phenoxy) is 1. The van der Waals surface area contributed by atoms with Gasteiger partial charge >= 0.3 is 0 Å². The molecule has 2 fully saturated rings. The fraction of sp³-hybridized carbons (Fsp3) is 0.692. The van der Waals surface area contributed by atoms with Crippen LogP contribution >= 0.6 is 0 Å². The van der Waals surface area contributed by atoms with Crippen molar-refractivity contribution in [3.63, 3.8) is 0 Å². The van der Waals surface area contributed by atoms with Gasteiger partial charge in [-0.25, -0.2) is 8.42 Å². The van der Waals surface area contributed by atoms with Crippen molar-refractivity contribution in [2.24, 2.45) is 0 Å². The van der Waals surface area contributed by atoms with Crippen molar-refractivity contribution >= 4 is 15.7 Å². The number of carbonyl (C=O) groups is 1. The van der Waals surface area contributed by atoms with E-state index in [0.717, 1.165) is 5.69 Å². The van der Waals surface area contributed by atoms with Crippen molar-refractivity contribution in [2.45, 2.75) is 19.4 Å². The van der Waals surface area contributed by atoms with Gasteiger partial charge in [0.25, 0.3) is 5.91 Å². The Kier molecular flexibility index (Phi) is 3.75. The topological polar surface area (TPSA) is 81.5 Å². The van der Waals surface area contributed by atoms with E-state index in [0.29, 0.717) is 38.3 Å². The minimum absolute atomic E-state index is 0.0529. The summed E-state index contributed by atoms with van der Waals surface area (Å²) in [7, 11) is -2.96. The lowest BCUT2D eigenvalue weighted by Gasteiger charge is -2.26. The van der Waals surface area contributed by atoms with E-state index in [1.54, 1.807) is 15.8 Å². The molecule has 3 rings (SSSR count). The number of hydrogen-bond acceptors (Lipinski definition) is 5. The molecule has 0 unspecified atom stereocenters. The largest absolute Gasteiger partial charge is 0.378 e. The Morgan fingerprint density at radius 1 is 1.38 bits per heavy atom. The second-order valence-electron chi connectivity index (χ2n) is 5.55. The highest BCUT2D eigenvalue weighted by molar-refractivity contribution is 7.91. The SMILES string of the molecule is Cc1c(C(=O)N2CCOCC2)cnn1[C@@H]1CCS(=O)(=O)C1. The summed E-state index contributed by atoms with van der Waals surface area (Å²) in [6.07, 6.45) is 2.12. The molecule has 0 aromatic carbocycles. The first-order valence-electron chi connectivity index (χ1n) is 7.09. The monoisotopic (exact) mass is 313 g/mol. The third-order valence-corrected chi connectivity index (χ3v) is 5.88. The molecule has 1 atom stereocenters. The summed E-state index contributed by atoms with van der Waals surface area (Å²) in [4.78, 5) is 14.2. The van der Waals surface area contributed by atoms with Crippen molar-refractivity contribution < 1.29 is 17.9 Å². The van der Waals surface area contributed by atoms with Crippen molar-refractivity contribution in [1.29, 1.82) is 0 Å². The second kappa shape index (κ2) is 5.42. The van der Waals surface area contributed by atoms with Gasteiger partial charge in [0.1, 0.15) is 0 Å². The van der Waals surface area contributed by atoms with Crippen LogP contribution < -0.4 is 0 Å². The van der Waals surface area contributed by atoms with Gasteiger partial charge in [0.2, 0.25) is 0 Å². The average molecular weight is 313 g/mol.